The van der Waals surface area contributed by atoms with Crippen molar-refractivity contribution >= 4 is 34.6 Å². The highest BCUT2D eigenvalue weighted by Gasteiger charge is 2.35. The maximum atomic E-state index is 12.9. The summed E-state index contributed by atoms with van der Waals surface area (Å²) in [5, 5.41) is 13.5. The van der Waals surface area contributed by atoms with E-state index in [-0.39, 0.29) is 16.0 Å². The number of carbonyl (C=O) groups is 1. The van der Waals surface area contributed by atoms with E-state index in [0.717, 1.165) is 5.56 Å². The molecular formula is C18H17ClF3N3O3. The van der Waals surface area contributed by atoms with E-state index in [1.165, 1.54) is 6.07 Å². The number of nitrogens with two attached hydrogens (primary N) is 1. The molecule has 3 N–H and O–H groups in total. The van der Waals surface area contributed by atoms with Crippen LogP contribution in [0.2, 0.25) is 5.02 Å². The van der Waals surface area contributed by atoms with Gasteiger partial charge in [0.05, 0.1) is 26.8 Å². The highest BCUT2D eigenvalue weighted by atomic mass is 35.5. The van der Waals surface area contributed by atoms with E-state index >= 15 is 0 Å². The van der Waals surface area contributed by atoms with Crippen molar-refractivity contribution in [2.24, 2.45) is 0 Å². The van der Waals surface area contributed by atoms with Crippen LogP contribution in [0.1, 0.15) is 42.3 Å². The minimum atomic E-state index is -4.83. The Morgan fingerprint density at radius 1 is 1.14 bits per heavy atom. The fraction of sp³-hybridized carbons (Fsp3) is 0.278. The predicted octanol–water partition coefficient (Wildman–Crippen LogP) is 5.40. The first-order chi connectivity index (χ1) is 12.7. The van der Waals surface area contributed by atoms with Crippen molar-refractivity contribution in [3.8, 4) is 0 Å². The highest BCUT2D eigenvalue weighted by molar-refractivity contribution is 6.34. The van der Waals surface area contributed by atoms with Gasteiger partial charge in [0, 0.05) is 6.07 Å². The topological polar surface area (TPSA) is 98.3 Å². The molecule has 6 nitrogen and oxygen atoms in total. The molecule has 0 saturated carbocycles. The van der Waals surface area contributed by atoms with Gasteiger partial charge < -0.3 is 11.1 Å². The molecule has 0 aromatic heterocycles. The van der Waals surface area contributed by atoms with Crippen molar-refractivity contribution in [2.75, 3.05) is 11.1 Å². The Labute approximate surface area is 163 Å². The fourth-order valence-corrected chi connectivity index (χ4v) is 2.71. The third-order valence-electron chi connectivity index (χ3n) is 3.99. The Hall–Kier alpha value is -2.81. The average Bonchev–Trinajstić information content (AvgIpc) is 2.54. The number of hydrogen-bond donors (Lipinski definition) is 2. The van der Waals surface area contributed by atoms with Gasteiger partial charge in [-0.3, -0.25) is 14.9 Å². The summed E-state index contributed by atoms with van der Waals surface area (Å²) in [6.07, 6.45) is -4.83. The van der Waals surface area contributed by atoms with Crippen LogP contribution in [0.15, 0.2) is 30.3 Å². The first-order valence-electron chi connectivity index (χ1n) is 7.98. The largest absolute Gasteiger partial charge is 0.416 e. The maximum absolute atomic E-state index is 12.9. The smallest absolute Gasteiger partial charge is 0.397 e. The van der Waals surface area contributed by atoms with E-state index in [0.29, 0.717) is 12.1 Å². The van der Waals surface area contributed by atoms with E-state index < -0.39 is 39.6 Å². The van der Waals surface area contributed by atoms with Gasteiger partial charge in [0.25, 0.3) is 11.6 Å². The lowest BCUT2D eigenvalue weighted by molar-refractivity contribution is -0.384. The molecule has 0 radical (unpaired) electrons. The number of nitrogen functional groups attached to an aromatic ring is 1. The van der Waals surface area contributed by atoms with Crippen molar-refractivity contribution < 1.29 is 22.9 Å². The number of amides is 1. The van der Waals surface area contributed by atoms with Crippen LogP contribution in [0.5, 0.6) is 0 Å². The second-order valence-corrected chi connectivity index (χ2v) is 7.52. The molecule has 10 heteroatoms. The molecule has 0 unspecified atom stereocenters. The average molecular weight is 416 g/mol. The molecule has 0 aliphatic heterocycles. The quantitative estimate of drug-likeness (QED) is 0.398. The van der Waals surface area contributed by atoms with Gasteiger partial charge in [0.2, 0.25) is 0 Å². The number of carbonyl (C=O) groups excluding carboxylic acids is 1. The molecule has 2 aromatic rings. The van der Waals surface area contributed by atoms with Crippen LogP contribution < -0.4 is 11.1 Å². The number of nitro groups is 1. The number of rotatable bonds is 3. The number of nitrogens with zero attached hydrogens (tertiary/aromatic N) is 1. The standard InChI is InChI=1S/C18H17ClF3N3O3/c1-17(2,3)9-4-5-11(12(19)6-9)16(26)24-15-13(23)7-10(18(20,21)22)8-14(15)25(27)28/h4-8H,23H2,1-3H3,(H,24,26). The number of anilines is 2. The molecule has 0 spiro atoms. The van der Waals surface area contributed by atoms with E-state index in [2.05, 4.69) is 5.32 Å². The zero-order chi connectivity index (χ0) is 21.4. The second kappa shape index (κ2) is 7.31. The van der Waals surface area contributed by atoms with Crippen LogP contribution in [0.25, 0.3) is 0 Å². The molecule has 0 heterocycles. The van der Waals surface area contributed by atoms with Crippen molar-refractivity contribution in [2.45, 2.75) is 32.4 Å². The van der Waals surface area contributed by atoms with Gasteiger partial charge in [-0.15, -0.1) is 0 Å². The minimum Gasteiger partial charge on any atom is -0.397 e. The van der Waals surface area contributed by atoms with Gasteiger partial charge in [0.1, 0.15) is 5.69 Å². The number of hydrogen-bond acceptors (Lipinski definition) is 4. The molecule has 0 saturated heterocycles. The molecular weight excluding hydrogens is 399 g/mol. The summed E-state index contributed by atoms with van der Waals surface area (Å²) in [6.45, 7) is 5.85. The Kier molecular flexibility index (Phi) is 5.61. The Balaban J connectivity index is 2.45. The molecule has 0 bridgehead atoms. The molecule has 0 atom stereocenters. The number of alkyl halides is 3. The SMILES string of the molecule is CC(C)(C)c1ccc(C(=O)Nc2c(N)cc(C(F)(F)F)cc2[N+](=O)[O-])c(Cl)c1. The zero-order valence-electron chi connectivity index (χ0n) is 15.1. The van der Waals surface area contributed by atoms with Gasteiger partial charge in [-0.2, -0.15) is 13.2 Å². The zero-order valence-corrected chi connectivity index (χ0v) is 15.9. The molecule has 0 aliphatic carbocycles. The molecule has 28 heavy (non-hydrogen) atoms. The predicted molar refractivity (Wildman–Crippen MR) is 101 cm³/mol. The summed E-state index contributed by atoms with van der Waals surface area (Å²) in [5.74, 6) is -0.833. The first kappa shape index (κ1) is 21.5. The molecule has 2 rings (SSSR count). The Morgan fingerprint density at radius 3 is 2.21 bits per heavy atom. The lowest BCUT2D eigenvalue weighted by atomic mass is 9.86. The number of nitrogens with one attached hydrogen (secondary N) is 1. The van der Waals surface area contributed by atoms with E-state index in [9.17, 15) is 28.1 Å². The van der Waals surface area contributed by atoms with Crippen molar-refractivity contribution in [1.82, 2.24) is 0 Å². The lowest BCUT2D eigenvalue weighted by Gasteiger charge is -2.20. The Bertz CT molecular complexity index is 954. The van der Waals surface area contributed by atoms with E-state index in [1.54, 1.807) is 12.1 Å². The highest BCUT2D eigenvalue weighted by Crippen LogP contribution is 2.39. The molecule has 0 aliphatic rings. The molecule has 150 valence electrons. The van der Waals surface area contributed by atoms with Crippen molar-refractivity contribution in [3.05, 3.63) is 62.2 Å². The minimum absolute atomic E-state index is 0.00302. The Morgan fingerprint density at radius 2 is 1.75 bits per heavy atom. The van der Waals surface area contributed by atoms with Crippen molar-refractivity contribution in [3.63, 3.8) is 0 Å². The number of benzene rings is 2. The lowest BCUT2D eigenvalue weighted by Crippen LogP contribution is -2.17. The number of nitro benzene ring substituents is 1. The summed E-state index contributed by atoms with van der Waals surface area (Å²) >= 11 is 6.15. The maximum Gasteiger partial charge on any atom is 0.416 e. The monoisotopic (exact) mass is 415 g/mol. The van der Waals surface area contributed by atoms with Crippen LogP contribution in [-0.2, 0) is 11.6 Å². The summed E-state index contributed by atoms with van der Waals surface area (Å²) in [5.41, 5.74) is 2.81. The third kappa shape index (κ3) is 4.53. The van der Waals surface area contributed by atoms with E-state index in [1.807, 2.05) is 20.8 Å². The van der Waals surface area contributed by atoms with Gasteiger partial charge in [-0.25, -0.2) is 0 Å². The fourth-order valence-electron chi connectivity index (χ4n) is 2.44. The molecule has 2 aromatic carbocycles. The number of halogens is 4. The van der Waals surface area contributed by atoms with Crippen LogP contribution in [0.3, 0.4) is 0 Å². The van der Waals surface area contributed by atoms with Crippen LogP contribution in [0.4, 0.5) is 30.2 Å². The first-order valence-corrected chi connectivity index (χ1v) is 8.36. The summed E-state index contributed by atoms with van der Waals surface area (Å²) in [4.78, 5) is 22.7. The van der Waals surface area contributed by atoms with Crippen molar-refractivity contribution in [1.29, 1.82) is 0 Å². The van der Waals surface area contributed by atoms with Gasteiger partial charge in [-0.05, 0) is 29.2 Å². The summed E-state index contributed by atoms with van der Waals surface area (Å²) < 4.78 is 38.6. The van der Waals surface area contributed by atoms with Crippen LogP contribution in [0, 0.1) is 10.1 Å². The van der Waals surface area contributed by atoms with Gasteiger partial charge in [-0.1, -0.05) is 38.4 Å². The van der Waals surface area contributed by atoms with Gasteiger partial charge >= 0.3 is 6.18 Å². The normalized spacial score (nSPS) is 12.0. The summed E-state index contributed by atoms with van der Waals surface area (Å²) in [7, 11) is 0. The third-order valence-corrected chi connectivity index (χ3v) is 4.30. The van der Waals surface area contributed by atoms with Crippen LogP contribution >= 0.6 is 11.6 Å². The molecule has 0 fully saturated rings. The van der Waals surface area contributed by atoms with E-state index in [4.69, 9.17) is 17.3 Å². The molecule has 1 amide bonds. The second-order valence-electron chi connectivity index (χ2n) is 7.11. The summed E-state index contributed by atoms with van der Waals surface area (Å²) in [6, 6.07) is 5.53. The van der Waals surface area contributed by atoms with Crippen LogP contribution in [-0.4, -0.2) is 10.8 Å². The van der Waals surface area contributed by atoms with Gasteiger partial charge in [0.15, 0.2) is 0 Å².